The van der Waals surface area contributed by atoms with Gasteiger partial charge in [-0.25, -0.2) is 0 Å². The van der Waals surface area contributed by atoms with Gasteiger partial charge in [-0.2, -0.15) is 0 Å². The van der Waals surface area contributed by atoms with Crippen molar-refractivity contribution in [2.75, 3.05) is 18.0 Å². The molecule has 1 aliphatic rings. The lowest BCUT2D eigenvalue weighted by atomic mass is 10.1. The molecule has 1 N–H and O–H groups in total. The molecular formula is C15H14ClN3O2. The Morgan fingerprint density at radius 1 is 1.19 bits per heavy atom. The van der Waals surface area contributed by atoms with Crippen molar-refractivity contribution in [3.05, 3.63) is 63.2 Å². The number of anilines is 2. The molecule has 0 saturated heterocycles. The van der Waals surface area contributed by atoms with Gasteiger partial charge in [-0.1, -0.05) is 29.8 Å². The van der Waals surface area contributed by atoms with Gasteiger partial charge in [0.2, 0.25) is 0 Å². The number of para-hydroxylation sites is 1. The molecule has 0 aromatic heterocycles. The second kappa shape index (κ2) is 5.71. The SMILES string of the molecule is O=[N+]([O-])c1ccc(Cl)cc1N1CCNCc2ccccc21. The quantitative estimate of drug-likeness (QED) is 0.681. The summed E-state index contributed by atoms with van der Waals surface area (Å²) in [4.78, 5) is 12.9. The molecule has 6 heteroatoms. The number of nitro groups is 1. The lowest BCUT2D eigenvalue weighted by Crippen LogP contribution is -2.25. The maximum Gasteiger partial charge on any atom is 0.292 e. The van der Waals surface area contributed by atoms with Crippen LogP contribution in [0.5, 0.6) is 0 Å². The van der Waals surface area contributed by atoms with Gasteiger partial charge < -0.3 is 10.2 Å². The number of nitrogens with zero attached hydrogens (tertiary/aromatic N) is 2. The molecule has 0 bridgehead atoms. The Labute approximate surface area is 127 Å². The third-order valence-electron chi connectivity index (χ3n) is 3.54. The summed E-state index contributed by atoms with van der Waals surface area (Å²) < 4.78 is 0. The van der Waals surface area contributed by atoms with Gasteiger partial charge in [0.05, 0.1) is 4.92 Å². The molecule has 0 amide bonds. The van der Waals surface area contributed by atoms with Gasteiger partial charge in [-0.15, -0.1) is 0 Å². The zero-order valence-corrected chi connectivity index (χ0v) is 12.0. The maximum atomic E-state index is 11.3. The van der Waals surface area contributed by atoms with E-state index in [0.717, 1.165) is 24.3 Å². The van der Waals surface area contributed by atoms with E-state index in [-0.39, 0.29) is 10.6 Å². The van der Waals surface area contributed by atoms with Crippen LogP contribution >= 0.6 is 11.6 Å². The van der Waals surface area contributed by atoms with Crippen molar-refractivity contribution in [1.29, 1.82) is 0 Å². The van der Waals surface area contributed by atoms with Gasteiger partial charge >= 0.3 is 0 Å². The average molecular weight is 304 g/mol. The highest BCUT2D eigenvalue weighted by molar-refractivity contribution is 6.31. The largest absolute Gasteiger partial charge is 0.334 e. The molecule has 2 aromatic carbocycles. The minimum Gasteiger partial charge on any atom is -0.334 e. The van der Waals surface area contributed by atoms with Crippen LogP contribution in [0.2, 0.25) is 5.02 Å². The minimum atomic E-state index is -0.368. The summed E-state index contributed by atoms with van der Waals surface area (Å²) in [5.41, 5.74) is 2.69. The first-order valence-electron chi connectivity index (χ1n) is 6.67. The highest BCUT2D eigenvalue weighted by Gasteiger charge is 2.23. The predicted octanol–water partition coefficient (Wildman–Crippen LogP) is 3.49. The summed E-state index contributed by atoms with van der Waals surface area (Å²) in [6.07, 6.45) is 0. The van der Waals surface area contributed by atoms with Gasteiger partial charge in [0.15, 0.2) is 0 Å². The van der Waals surface area contributed by atoms with E-state index in [1.807, 2.05) is 29.2 Å². The summed E-state index contributed by atoms with van der Waals surface area (Å²) in [7, 11) is 0. The molecule has 0 aliphatic carbocycles. The number of benzene rings is 2. The predicted molar refractivity (Wildman–Crippen MR) is 83.3 cm³/mol. The van der Waals surface area contributed by atoms with Crippen LogP contribution < -0.4 is 10.2 Å². The second-order valence-electron chi connectivity index (χ2n) is 4.85. The summed E-state index contributed by atoms with van der Waals surface area (Å²) >= 11 is 6.04. The zero-order chi connectivity index (χ0) is 14.8. The number of hydrogen-bond acceptors (Lipinski definition) is 4. The number of halogens is 1. The highest BCUT2D eigenvalue weighted by atomic mass is 35.5. The molecule has 3 rings (SSSR count). The molecule has 108 valence electrons. The van der Waals surface area contributed by atoms with E-state index in [4.69, 9.17) is 11.6 Å². The summed E-state index contributed by atoms with van der Waals surface area (Å²) in [6.45, 7) is 2.15. The Morgan fingerprint density at radius 2 is 2.00 bits per heavy atom. The van der Waals surface area contributed by atoms with Crippen LogP contribution in [-0.4, -0.2) is 18.0 Å². The standard InChI is InChI=1S/C15H14ClN3O2/c16-12-5-6-14(19(20)21)15(9-12)18-8-7-17-10-11-3-1-2-4-13(11)18/h1-6,9,17H,7-8,10H2. The first-order chi connectivity index (χ1) is 10.2. The Balaban J connectivity index is 2.16. The van der Waals surface area contributed by atoms with E-state index in [0.29, 0.717) is 17.3 Å². The molecule has 5 nitrogen and oxygen atoms in total. The number of nitro benzene ring substituents is 1. The Morgan fingerprint density at radius 3 is 2.81 bits per heavy atom. The van der Waals surface area contributed by atoms with E-state index in [1.165, 1.54) is 6.07 Å². The van der Waals surface area contributed by atoms with Crippen molar-refractivity contribution >= 4 is 28.7 Å². The van der Waals surface area contributed by atoms with Crippen molar-refractivity contribution in [2.24, 2.45) is 0 Å². The zero-order valence-electron chi connectivity index (χ0n) is 11.3. The topological polar surface area (TPSA) is 58.4 Å². The maximum absolute atomic E-state index is 11.3. The van der Waals surface area contributed by atoms with Gasteiger partial charge in [-0.05, 0) is 23.8 Å². The number of rotatable bonds is 2. The van der Waals surface area contributed by atoms with Crippen molar-refractivity contribution < 1.29 is 4.92 Å². The summed E-state index contributed by atoms with van der Waals surface area (Å²) in [5.74, 6) is 0. The van der Waals surface area contributed by atoms with E-state index < -0.39 is 0 Å². The van der Waals surface area contributed by atoms with Crippen LogP contribution in [0.1, 0.15) is 5.56 Å². The van der Waals surface area contributed by atoms with Gasteiger partial charge in [0.25, 0.3) is 5.69 Å². The van der Waals surface area contributed by atoms with Crippen LogP contribution in [-0.2, 0) is 6.54 Å². The number of nitrogens with one attached hydrogen (secondary N) is 1. The lowest BCUT2D eigenvalue weighted by Gasteiger charge is -2.24. The summed E-state index contributed by atoms with van der Waals surface area (Å²) in [6, 6.07) is 12.6. The molecule has 21 heavy (non-hydrogen) atoms. The molecule has 0 fully saturated rings. The van der Waals surface area contributed by atoms with E-state index in [9.17, 15) is 10.1 Å². The Bertz CT molecular complexity index is 690. The highest BCUT2D eigenvalue weighted by Crippen LogP contribution is 2.37. The molecule has 0 atom stereocenters. The molecule has 1 heterocycles. The summed E-state index contributed by atoms with van der Waals surface area (Å²) in [5, 5.41) is 15.1. The van der Waals surface area contributed by atoms with Crippen LogP contribution in [0.15, 0.2) is 42.5 Å². The average Bonchev–Trinajstić information content (AvgIpc) is 2.69. The second-order valence-corrected chi connectivity index (χ2v) is 5.28. The van der Waals surface area contributed by atoms with E-state index >= 15 is 0 Å². The normalized spacial score (nSPS) is 14.4. The van der Waals surface area contributed by atoms with Crippen molar-refractivity contribution in [2.45, 2.75) is 6.54 Å². The van der Waals surface area contributed by atoms with Crippen molar-refractivity contribution in [3.8, 4) is 0 Å². The third-order valence-corrected chi connectivity index (χ3v) is 3.77. The lowest BCUT2D eigenvalue weighted by molar-refractivity contribution is -0.384. The molecule has 0 radical (unpaired) electrons. The first-order valence-corrected chi connectivity index (χ1v) is 7.05. The molecule has 2 aromatic rings. The Kier molecular flexibility index (Phi) is 3.77. The van der Waals surface area contributed by atoms with Crippen molar-refractivity contribution in [3.63, 3.8) is 0 Å². The van der Waals surface area contributed by atoms with Gasteiger partial charge in [0, 0.05) is 36.4 Å². The molecule has 0 spiro atoms. The molecule has 0 saturated carbocycles. The minimum absolute atomic E-state index is 0.0658. The van der Waals surface area contributed by atoms with E-state index in [2.05, 4.69) is 5.32 Å². The van der Waals surface area contributed by atoms with Gasteiger partial charge in [0.1, 0.15) is 5.69 Å². The fraction of sp³-hybridized carbons (Fsp3) is 0.200. The monoisotopic (exact) mass is 303 g/mol. The molecule has 0 unspecified atom stereocenters. The van der Waals surface area contributed by atoms with Crippen LogP contribution in [0.25, 0.3) is 0 Å². The molecular weight excluding hydrogens is 290 g/mol. The van der Waals surface area contributed by atoms with Gasteiger partial charge in [-0.3, -0.25) is 10.1 Å². The van der Waals surface area contributed by atoms with Crippen LogP contribution in [0.4, 0.5) is 17.1 Å². The fourth-order valence-corrected chi connectivity index (χ4v) is 2.74. The third kappa shape index (κ3) is 2.70. The smallest absolute Gasteiger partial charge is 0.292 e. The number of fused-ring (bicyclic) bond motifs is 1. The van der Waals surface area contributed by atoms with Crippen LogP contribution in [0, 0.1) is 10.1 Å². The van der Waals surface area contributed by atoms with Crippen LogP contribution in [0.3, 0.4) is 0 Å². The molecule has 1 aliphatic heterocycles. The van der Waals surface area contributed by atoms with Crippen molar-refractivity contribution in [1.82, 2.24) is 5.32 Å². The number of hydrogen-bond donors (Lipinski definition) is 1. The fourth-order valence-electron chi connectivity index (χ4n) is 2.58. The first kappa shape index (κ1) is 13.9. The Hall–Kier alpha value is -2.11. The van der Waals surface area contributed by atoms with E-state index in [1.54, 1.807) is 12.1 Å².